The van der Waals surface area contributed by atoms with E-state index in [4.69, 9.17) is 11.6 Å². The highest BCUT2D eigenvalue weighted by atomic mass is 35.5. The van der Waals surface area contributed by atoms with E-state index in [9.17, 15) is 18.5 Å². The Bertz CT molecular complexity index is 1060. The highest BCUT2D eigenvalue weighted by Crippen LogP contribution is 2.31. The molecule has 0 saturated carbocycles. The van der Waals surface area contributed by atoms with Crippen molar-refractivity contribution in [3.63, 3.8) is 0 Å². The van der Waals surface area contributed by atoms with E-state index in [1.54, 1.807) is 31.3 Å². The number of hydrogen-bond acceptors (Lipinski definition) is 8. The highest BCUT2D eigenvalue weighted by Gasteiger charge is 2.19. The van der Waals surface area contributed by atoms with Crippen LogP contribution in [-0.2, 0) is 15.2 Å². The van der Waals surface area contributed by atoms with Crippen LogP contribution in [-0.4, -0.2) is 41.7 Å². The second-order valence-electron chi connectivity index (χ2n) is 5.20. The molecule has 0 bridgehead atoms. The topological polar surface area (TPSA) is 120 Å². The van der Waals surface area contributed by atoms with Gasteiger partial charge < -0.3 is 4.90 Å². The number of anilines is 1. The lowest BCUT2D eigenvalue weighted by Crippen LogP contribution is -2.20. The Labute approximate surface area is 153 Å². The summed E-state index contributed by atoms with van der Waals surface area (Å²) in [5, 5.41) is 15.5. The average molecular weight is 398 g/mol. The summed E-state index contributed by atoms with van der Waals surface area (Å²) in [7, 11) is -1.37. The third-order valence-corrected chi connectivity index (χ3v) is 4.24. The Morgan fingerprint density at radius 2 is 2.15 bits per heavy atom. The van der Waals surface area contributed by atoms with E-state index in [0.29, 0.717) is 22.0 Å². The lowest BCUT2D eigenvalue weighted by molar-refractivity contribution is -0.383. The van der Waals surface area contributed by atoms with Crippen LogP contribution in [0, 0.1) is 10.1 Å². The van der Waals surface area contributed by atoms with Crippen molar-refractivity contribution < 1.29 is 17.5 Å². The van der Waals surface area contributed by atoms with E-state index in [2.05, 4.69) is 14.3 Å². The number of benzene rings is 1. The van der Waals surface area contributed by atoms with E-state index in [-0.39, 0.29) is 18.1 Å². The van der Waals surface area contributed by atoms with Crippen molar-refractivity contribution in [3.8, 4) is 11.3 Å². The molecule has 0 amide bonds. The number of fused-ring (bicyclic) bond motifs is 1. The molecule has 136 valence electrons. The molecule has 12 heteroatoms. The van der Waals surface area contributed by atoms with Crippen LogP contribution in [0.2, 0.25) is 5.02 Å². The van der Waals surface area contributed by atoms with Crippen molar-refractivity contribution in [2.75, 3.05) is 18.7 Å². The van der Waals surface area contributed by atoms with Gasteiger partial charge in [0, 0.05) is 18.8 Å². The number of halogens is 1. The Morgan fingerprint density at radius 3 is 2.85 bits per heavy atom. The van der Waals surface area contributed by atoms with Crippen LogP contribution in [0.4, 0.5) is 11.4 Å². The van der Waals surface area contributed by atoms with Crippen molar-refractivity contribution in [2.24, 2.45) is 0 Å². The first-order valence-electron chi connectivity index (χ1n) is 7.14. The van der Waals surface area contributed by atoms with E-state index in [0.717, 1.165) is 6.20 Å². The van der Waals surface area contributed by atoms with Crippen LogP contribution in [0.5, 0.6) is 0 Å². The van der Waals surface area contributed by atoms with E-state index in [1.165, 1.54) is 15.6 Å². The summed E-state index contributed by atoms with van der Waals surface area (Å²) in [6.07, 6.45) is 2.58. The van der Waals surface area contributed by atoms with Gasteiger partial charge in [-0.3, -0.25) is 14.3 Å². The maximum Gasteiger partial charge on any atom is 0.333 e. The van der Waals surface area contributed by atoms with Crippen molar-refractivity contribution in [1.29, 1.82) is 0 Å². The largest absolute Gasteiger partial charge is 0.349 e. The molecule has 0 atom stereocenters. The fraction of sp³-hybridized carbons (Fsp3) is 0.143. The molecule has 2 aromatic heterocycles. The Kier molecular flexibility index (Phi) is 5.02. The lowest BCUT2D eigenvalue weighted by atomic mass is 10.1. The molecule has 0 spiro atoms. The molecule has 3 aromatic rings. The minimum atomic E-state index is -2.98. The van der Waals surface area contributed by atoms with E-state index < -0.39 is 15.9 Å². The second-order valence-corrected chi connectivity index (χ2v) is 6.31. The first-order chi connectivity index (χ1) is 12.4. The highest BCUT2D eigenvalue weighted by molar-refractivity contribution is 7.67. The summed E-state index contributed by atoms with van der Waals surface area (Å²) < 4.78 is 27.1. The summed E-state index contributed by atoms with van der Waals surface area (Å²) in [6, 6.07) is 6.70. The molecule has 1 aromatic carbocycles. The van der Waals surface area contributed by atoms with Crippen LogP contribution in [0.3, 0.4) is 0 Å². The fourth-order valence-corrected chi connectivity index (χ4v) is 2.92. The predicted molar refractivity (Wildman–Crippen MR) is 94.8 cm³/mol. The summed E-state index contributed by atoms with van der Waals surface area (Å²) in [4.78, 5) is 16.0. The predicted octanol–water partition coefficient (Wildman–Crippen LogP) is 1.89. The monoisotopic (exact) mass is 397 g/mol. The van der Waals surface area contributed by atoms with Gasteiger partial charge in [-0.2, -0.15) is 5.10 Å². The molecule has 0 saturated heterocycles. The molecule has 0 unspecified atom stereocenters. The van der Waals surface area contributed by atoms with Gasteiger partial charge in [-0.1, -0.05) is 17.7 Å². The molecular formula is C14H12ClN5O5S. The molecule has 10 nitrogen and oxygen atoms in total. The molecule has 0 aliphatic rings. The Morgan fingerprint density at radius 1 is 1.38 bits per heavy atom. The third-order valence-electron chi connectivity index (χ3n) is 3.59. The molecular weight excluding hydrogens is 386 g/mol. The van der Waals surface area contributed by atoms with Crippen LogP contribution in [0.15, 0.2) is 36.7 Å². The van der Waals surface area contributed by atoms with Crippen molar-refractivity contribution in [2.45, 2.75) is 0 Å². The number of nitrogens with zero attached hydrogens (tertiary/aromatic N) is 5. The number of hydrogen-bond donors (Lipinski definition) is 1. The molecule has 26 heavy (non-hydrogen) atoms. The lowest BCUT2D eigenvalue weighted by Gasteiger charge is -2.19. The van der Waals surface area contributed by atoms with Crippen LogP contribution in [0.1, 0.15) is 0 Å². The minimum absolute atomic E-state index is 0.115. The van der Waals surface area contributed by atoms with E-state index >= 15 is 0 Å². The van der Waals surface area contributed by atoms with Gasteiger partial charge in [0.15, 0.2) is 0 Å². The number of rotatable bonds is 6. The van der Waals surface area contributed by atoms with Crippen LogP contribution >= 0.6 is 11.6 Å². The number of aromatic nitrogens is 3. The molecule has 3 rings (SSSR count). The Hall–Kier alpha value is -2.76. The second kappa shape index (κ2) is 7.23. The van der Waals surface area contributed by atoms with Gasteiger partial charge in [0.2, 0.25) is 5.65 Å². The fourth-order valence-electron chi connectivity index (χ4n) is 2.39. The zero-order valence-electron chi connectivity index (χ0n) is 13.3. The molecule has 0 N–H and O–H groups in total. The molecule has 2 heterocycles. The van der Waals surface area contributed by atoms with Gasteiger partial charge in [0.25, 0.3) is 11.0 Å². The van der Waals surface area contributed by atoms with Crippen molar-refractivity contribution >= 4 is 39.6 Å². The molecule has 0 aliphatic heterocycles. The number of nitro groups is 1. The molecule has 0 fully saturated rings. The third kappa shape index (κ3) is 3.45. The van der Waals surface area contributed by atoms with Gasteiger partial charge in [0.05, 0.1) is 21.3 Å². The minimum Gasteiger partial charge on any atom is -0.349 e. The first-order valence-corrected chi connectivity index (χ1v) is 8.61. The normalized spacial score (nSPS) is 11.2. The van der Waals surface area contributed by atoms with E-state index in [1.807, 2.05) is 0 Å². The maximum atomic E-state index is 11.1. The zero-order chi connectivity index (χ0) is 18.8. The van der Waals surface area contributed by atoms with Gasteiger partial charge >= 0.3 is 5.69 Å². The summed E-state index contributed by atoms with van der Waals surface area (Å²) in [5.74, 6) is 0. The zero-order valence-corrected chi connectivity index (χ0v) is 14.9. The van der Waals surface area contributed by atoms with Gasteiger partial charge in [-0.15, -0.1) is 0 Å². The summed E-state index contributed by atoms with van der Waals surface area (Å²) in [6.45, 7) is -0.207. The Balaban J connectivity index is 2.06. The van der Waals surface area contributed by atoms with Gasteiger partial charge in [-0.25, -0.2) is 17.9 Å². The molecule has 0 radical (unpaired) electrons. The van der Waals surface area contributed by atoms with Crippen LogP contribution < -0.4 is 4.90 Å². The number of thiol groups is 1. The first kappa shape index (κ1) is 18.0. The standard InChI is InChI=1S/C14H12ClN5O5S/c1-18(8-25-26(23)24)12-6-9(2-3-10(12)15)11-4-5-16-14-13(20(21)22)7-17-19(11)14/h2-7,26H,8H2,1H3. The molecule has 0 aliphatic carbocycles. The van der Waals surface area contributed by atoms with Crippen LogP contribution in [0.25, 0.3) is 16.9 Å². The van der Waals surface area contributed by atoms with Gasteiger partial charge in [0.1, 0.15) is 12.9 Å². The van der Waals surface area contributed by atoms with Gasteiger partial charge in [-0.05, 0) is 18.2 Å². The quantitative estimate of drug-likeness (QED) is 0.290. The average Bonchev–Trinajstić information content (AvgIpc) is 3.04. The maximum absolute atomic E-state index is 11.1. The van der Waals surface area contributed by atoms with Crippen molar-refractivity contribution in [3.05, 3.63) is 51.8 Å². The summed E-state index contributed by atoms with van der Waals surface area (Å²) in [5.41, 5.74) is 1.65. The summed E-state index contributed by atoms with van der Waals surface area (Å²) >= 11 is 6.19. The smallest absolute Gasteiger partial charge is 0.333 e. The SMILES string of the molecule is CN(CO[SH](=O)=O)c1cc(-c2ccnc3c([N+](=O)[O-])cnn23)ccc1Cl. The van der Waals surface area contributed by atoms with Crippen molar-refractivity contribution in [1.82, 2.24) is 14.6 Å².